The average molecular weight is 220 g/mol. The fraction of sp³-hybridized carbons (Fsp3) is 0.273. The third kappa shape index (κ3) is 1.71. The number of rotatable bonds is 2. The third-order valence-electron chi connectivity index (χ3n) is 2.57. The number of methoxy groups -OCH3 is 1. The van der Waals surface area contributed by atoms with Gasteiger partial charge in [0.05, 0.1) is 12.0 Å². The van der Waals surface area contributed by atoms with Crippen molar-refractivity contribution in [3.8, 4) is 5.75 Å². The van der Waals surface area contributed by atoms with Crippen molar-refractivity contribution in [2.75, 3.05) is 14.2 Å². The van der Waals surface area contributed by atoms with E-state index in [9.17, 15) is 10.1 Å². The first-order chi connectivity index (χ1) is 7.61. The smallest absolute Gasteiger partial charge is 0.311 e. The molecule has 5 heteroatoms. The van der Waals surface area contributed by atoms with Crippen molar-refractivity contribution in [2.24, 2.45) is 0 Å². The summed E-state index contributed by atoms with van der Waals surface area (Å²) in [5.41, 5.74) is 1.92. The number of hydrogen-bond acceptors (Lipinski definition) is 4. The molecule has 5 nitrogen and oxygen atoms in total. The summed E-state index contributed by atoms with van der Waals surface area (Å²) >= 11 is 0. The summed E-state index contributed by atoms with van der Waals surface area (Å²) in [6, 6.07) is 3.28. The van der Waals surface area contributed by atoms with Crippen molar-refractivity contribution < 1.29 is 9.66 Å². The van der Waals surface area contributed by atoms with Gasteiger partial charge in [-0.25, -0.2) is 0 Å². The Kier molecular flexibility index (Phi) is 2.52. The molecule has 84 valence electrons. The summed E-state index contributed by atoms with van der Waals surface area (Å²) < 4.78 is 5.02. The summed E-state index contributed by atoms with van der Waals surface area (Å²) in [4.78, 5) is 12.4. The lowest BCUT2D eigenvalue weighted by atomic mass is 10.0. The topological polar surface area (TPSA) is 55.6 Å². The van der Waals surface area contributed by atoms with Gasteiger partial charge in [-0.1, -0.05) is 0 Å². The molecule has 0 fully saturated rings. The lowest BCUT2D eigenvalue weighted by Gasteiger charge is -2.21. The summed E-state index contributed by atoms with van der Waals surface area (Å²) in [6.45, 7) is 0.736. The van der Waals surface area contributed by atoms with Crippen LogP contribution >= 0.6 is 0 Å². The van der Waals surface area contributed by atoms with Crippen LogP contribution in [-0.4, -0.2) is 24.0 Å². The van der Waals surface area contributed by atoms with Crippen molar-refractivity contribution >= 4 is 11.8 Å². The SMILES string of the molecule is COc1cc2c(cc1[N+](=O)[O-])C=CN(C)C2. The van der Waals surface area contributed by atoms with Gasteiger partial charge in [-0.2, -0.15) is 0 Å². The summed E-state index contributed by atoms with van der Waals surface area (Å²) in [7, 11) is 3.39. The Morgan fingerprint density at radius 1 is 1.50 bits per heavy atom. The number of fused-ring (bicyclic) bond motifs is 1. The lowest BCUT2D eigenvalue weighted by molar-refractivity contribution is -0.385. The van der Waals surface area contributed by atoms with E-state index >= 15 is 0 Å². The Balaban J connectivity index is 2.54. The van der Waals surface area contributed by atoms with Crippen LogP contribution in [0.1, 0.15) is 11.1 Å². The van der Waals surface area contributed by atoms with E-state index in [0.29, 0.717) is 5.75 Å². The molecule has 0 unspecified atom stereocenters. The van der Waals surface area contributed by atoms with Crippen molar-refractivity contribution in [2.45, 2.75) is 6.54 Å². The predicted molar refractivity (Wildman–Crippen MR) is 60.1 cm³/mol. The fourth-order valence-corrected chi connectivity index (χ4v) is 1.75. The zero-order valence-corrected chi connectivity index (χ0v) is 9.14. The van der Waals surface area contributed by atoms with Crippen molar-refractivity contribution in [1.29, 1.82) is 0 Å². The van der Waals surface area contributed by atoms with Crippen LogP contribution in [-0.2, 0) is 6.54 Å². The maximum Gasteiger partial charge on any atom is 0.311 e. The van der Waals surface area contributed by atoms with Gasteiger partial charge in [0.1, 0.15) is 0 Å². The molecular weight excluding hydrogens is 208 g/mol. The molecule has 1 aliphatic heterocycles. The van der Waals surface area contributed by atoms with Crippen molar-refractivity contribution in [1.82, 2.24) is 4.90 Å². The van der Waals surface area contributed by atoms with Crippen LogP contribution in [0.4, 0.5) is 5.69 Å². The fourth-order valence-electron chi connectivity index (χ4n) is 1.75. The first-order valence-electron chi connectivity index (χ1n) is 4.85. The number of nitrogens with zero attached hydrogens (tertiary/aromatic N) is 2. The molecule has 0 saturated carbocycles. The van der Waals surface area contributed by atoms with E-state index in [4.69, 9.17) is 4.74 Å². The molecule has 0 aliphatic carbocycles. The molecule has 0 saturated heterocycles. The van der Waals surface area contributed by atoms with Gasteiger partial charge >= 0.3 is 5.69 Å². The first-order valence-corrected chi connectivity index (χ1v) is 4.85. The quantitative estimate of drug-likeness (QED) is 0.565. The first kappa shape index (κ1) is 10.5. The lowest BCUT2D eigenvalue weighted by Crippen LogP contribution is -2.14. The van der Waals surface area contributed by atoms with Crippen LogP contribution in [0.15, 0.2) is 18.3 Å². The number of nitro groups is 1. The van der Waals surface area contributed by atoms with E-state index in [1.54, 1.807) is 12.1 Å². The highest BCUT2D eigenvalue weighted by Gasteiger charge is 2.19. The minimum Gasteiger partial charge on any atom is -0.490 e. The van der Waals surface area contributed by atoms with Gasteiger partial charge in [0.25, 0.3) is 0 Å². The Morgan fingerprint density at radius 3 is 2.88 bits per heavy atom. The number of benzene rings is 1. The zero-order chi connectivity index (χ0) is 11.7. The average Bonchev–Trinajstić information content (AvgIpc) is 2.26. The molecule has 0 radical (unpaired) electrons. The van der Waals surface area contributed by atoms with Gasteiger partial charge in [-0.3, -0.25) is 10.1 Å². The van der Waals surface area contributed by atoms with E-state index < -0.39 is 4.92 Å². The predicted octanol–water partition coefficient (Wildman–Crippen LogP) is 2.02. The molecule has 0 N–H and O–H groups in total. The number of hydrogen-bond donors (Lipinski definition) is 0. The third-order valence-corrected chi connectivity index (χ3v) is 2.57. The Bertz CT molecular complexity index is 469. The molecule has 0 amide bonds. The van der Waals surface area contributed by atoms with Gasteiger partial charge in [0.15, 0.2) is 5.75 Å². The summed E-state index contributed by atoms with van der Waals surface area (Å²) in [5, 5.41) is 10.8. The molecule has 16 heavy (non-hydrogen) atoms. The largest absolute Gasteiger partial charge is 0.490 e. The maximum absolute atomic E-state index is 10.8. The van der Waals surface area contributed by atoms with Crippen molar-refractivity contribution in [3.63, 3.8) is 0 Å². The molecule has 0 aromatic heterocycles. The maximum atomic E-state index is 10.8. The van der Waals surface area contributed by atoms with E-state index in [1.165, 1.54) is 7.11 Å². The van der Waals surface area contributed by atoms with Crippen LogP contribution in [0.3, 0.4) is 0 Å². The van der Waals surface area contributed by atoms with E-state index in [-0.39, 0.29) is 5.69 Å². The summed E-state index contributed by atoms with van der Waals surface area (Å²) in [5.74, 6) is 0.312. The Morgan fingerprint density at radius 2 is 2.25 bits per heavy atom. The van der Waals surface area contributed by atoms with Gasteiger partial charge in [0, 0.05) is 19.7 Å². The minimum atomic E-state index is -0.425. The normalized spacial score (nSPS) is 13.5. The van der Waals surface area contributed by atoms with Crippen molar-refractivity contribution in [3.05, 3.63) is 39.6 Å². The van der Waals surface area contributed by atoms with Gasteiger partial charge in [-0.05, 0) is 29.5 Å². The van der Waals surface area contributed by atoms with Gasteiger partial charge < -0.3 is 9.64 Å². The Labute approximate surface area is 93.1 Å². The highest BCUT2D eigenvalue weighted by atomic mass is 16.6. The van der Waals surface area contributed by atoms with Crippen LogP contribution < -0.4 is 4.74 Å². The molecule has 0 spiro atoms. The Hall–Kier alpha value is -2.04. The summed E-state index contributed by atoms with van der Waals surface area (Å²) in [6.07, 6.45) is 3.77. The molecule has 1 aliphatic rings. The van der Waals surface area contributed by atoms with Gasteiger partial charge in [-0.15, -0.1) is 0 Å². The second kappa shape index (κ2) is 3.84. The number of ether oxygens (including phenoxy) is 1. The van der Waals surface area contributed by atoms with E-state index in [1.807, 2.05) is 24.2 Å². The highest BCUT2D eigenvalue weighted by Crippen LogP contribution is 2.32. The highest BCUT2D eigenvalue weighted by molar-refractivity contribution is 5.63. The molecule has 0 bridgehead atoms. The molecule has 1 aromatic rings. The standard InChI is InChI=1S/C11H12N2O3/c1-12-4-3-8-5-10(13(14)15)11(16-2)6-9(8)7-12/h3-6H,7H2,1-2H3. The van der Waals surface area contributed by atoms with Crippen LogP contribution in [0.5, 0.6) is 5.75 Å². The molecule has 1 heterocycles. The van der Waals surface area contributed by atoms with Crippen LogP contribution in [0, 0.1) is 10.1 Å². The van der Waals surface area contributed by atoms with Crippen LogP contribution in [0.2, 0.25) is 0 Å². The van der Waals surface area contributed by atoms with E-state index in [2.05, 4.69) is 0 Å². The zero-order valence-electron chi connectivity index (χ0n) is 9.14. The van der Waals surface area contributed by atoms with E-state index in [0.717, 1.165) is 17.7 Å². The monoisotopic (exact) mass is 220 g/mol. The second-order valence-electron chi connectivity index (χ2n) is 3.71. The molecule has 1 aromatic carbocycles. The molecule has 0 atom stereocenters. The minimum absolute atomic E-state index is 0.00968. The molecular formula is C11H12N2O3. The molecule has 2 rings (SSSR count). The second-order valence-corrected chi connectivity index (χ2v) is 3.71. The van der Waals surface area contributed by atoms with Crippen LogP contribution in [0.25, 0.3) is 6.08 Å². The number of nitro benzene ring substituents is 1. The van der Waals surface area contributed by atoms with Gasteiger partial charge in [0.2, 0.25) is 0 Å².